The predicted molar refractivity (Wildman–Crippen MR) is 70.1 cm³/mol. The number of rotatable bonds is 2. The molecule has 0 radical (unpaired) electrons. The fourth-order valence-electron chi connectivity index (χ4n) is 2.41. The van der Waals surface area contributed by atoms with E-state index in [2.05, 4.69) is 47.0 Å². The number of nitrogens with zero attached hydrogens (tertiary/aromatic N) is 4. The maximum atomic E-state index is 4.29. The van der Waals surface area contributed by atoms with Crippen molar-refractivity contribution in [3.8, 4) is 0 Å². The van der Waals surface area contributed by atoms with Crippen molar-refractivity contribution in [2.24, 2.45) is 0 Å². The fraction of sp³-hybridized carbons (Fsp3) is 0.429. The van der Waals surface area contributed by atoms with Gasteiger partial charge in [-0.15, -0.1) is 0 Å². The summed E-state index contributed by atoms with van der Waals surface area (Å²) < 4.78 is 2.00. The van der Waals surface area contributed by atoms with E-state index in [0.29, 0.717) is 0 Å². The third-order valence-corrected chi connectivity index (χ3v) is 3.67. The van der Waals surface area contributed by atoms with Crippen molar-refractivity contribution in [3.05, 3.63) is 47.0 Å². The van der Waals surface area contributed by atoms with Gasteiger partial charge in [-0.3, -0.25) is 4.90 Å². The van der Waals surface area contributed by atoms with Crippen LogP contribution in [0.3, 0.4) is 0 Å². The van der Waals surface area contributed by atoms with Gasteiger partial charge in [0.05, 0.1) is 13.1 Å². The van der Waals surface area contributed by atoms with E-state index in [0.717, 1.165) is 32.0 Å². The number of aryl methyl sites for hydroxylation is 2. The van der Waals surface area contributed by atoms with E-state index < -0.39 is 0 Å². The third kappa shape index (κ3) is 2.16. The molecular formula is C14H18N4. The van der Waals surface area contributed by atoms with E-state index in [1.165, 1.54) is 16.7 Å². The summed E-state index contributed by atoms with van der Waals surface area (Å²) in [5, 5.41) is 4.20. The zero-order chi connectivity index (χ0) is 12.5. The minimum atomic E-state index is 0.896. The van der Waals surface area contributed by atoms with Crippen LogP contribution in [0.1, 0.15) is 22.5 Å². The first-order valence-corrected chi connectivity index (χ1v) is 6.37. The van der Waals surface area contributed by atoms with E-state index in [-0.39, 0.29) is 0 Å². The van der Waals surface area contributed by atoms with Gasteiger partial charge in [-0.2, -0.15) is 5.10 Å². The minimum Gasteiger partial charge on any atom is -0.290 e. The van der Waals surface area contributed by atoms with Crippen LogP contribution in [0.2, 0.25) is 0 Å². The Morgan fingerprint density at radius 1 is 1.17 bits per heavy atom. The minimum absolute atomic E-state index is 0.896. The van der Waals surface area contributed by atoms with Gasteiger partial charge in [0.25, 0.3) is 0 Å². The van der Waals surface area contributed by atoms with Crippen LogP contribution in [0.15, 0.2) is 24.5 Å². The standard InChI is InChI=1S/C14H18N4/c1-11-3-4-13(7-12(11)2)8-17-5-6-18-14(9-17)15-10-16-18/h3-4,7,10H,5-6,8-9H2,1-2H3. The fourth-order valence-corrected chi connectivity index (χ4v) is 2.41. The lowest BCUT2D eigenvalue weighted by Gasteiger charge is -2.26. The van der Waals surface area contributed by atoms with Gasteiger partial charge < -0.3 is 0 Å². The smallest absolute Gasteiger partial charge is 0.141 e. The normalized spacial score (nSPS) is 15.7. The molecule has 0 amide bonds. The maximum Gasteiger partial charge on any atom is 0.141 e. The van der Waals surface area contributed by atoms with Crippen LogP contribution in [-0.2, 0) is 19.6 Å². The Morgan fingerprint density at radius 3 is 2.89 bits per heavy atom. The maximum absolute atomic E-state index is 4.29. The van der Waals surface area contributed by atoms with Crippen molar-refractivity contribution in [1.29, 1.82) is 0 Å². The van der Waals surface area contributed by atoms with Gasteiger partial charge in [-0.25, -0.2) is 9.67 Å². The molecule has 0 atom stereocenters. The molecule has 18 heavy (non-hydrogen) atoms. The van der Waals surface area contributed by atoms with Crippen LogP contribution in [-0.4, -0.2) is 26.2 Å². The molecule has 0 N–H and O–H groups in total. The van der Waals surface area contributed by atoms with Crippen molar-refractivity contribution >= 4 is 0 Å². The molecule has 4 heteroatoms. The Balaban J connectivity index is 1.72. The molecule has 0 spiro atoms. The first-order valence-electron chi connectivity index (χ1n) is 6.37. The zero-order valence-corrected chi connectivity index (χ0v) is 10.9. The van der Waals surface area contributed by atoms with Crippen LogP contribution < -0.4 is 0 Å². The van der Waals surface area contributed by atoms with Crippen LogP contribution >= 0.6 is 0 Å². The number of hydrogen-bond donors (Lipinski definition) is 0. The topological polar surface area (TPSA) is 34.0 Å². The highest BCUT2D eigenvalue weighted by Gasteiger charge is 2.17. The highest BCUT2D eigenvalue weighted by molar-refractivity contribution is 5.29. The van der Waals surface area contributed by atoms with E-state index in [4.69, 9.17) is 0 Å². The van der Waals surface area contributed by atoms with Gasteiger partial charge >= 0.3 is 0 Å². The molecule has 2 heterocycles. The molecule has 0 fully saturated rings. The third-order valence-electron chi connectivity index (χ3n) is 3.67. The first-order chi connectivity index (χ1) is 8.72. The highest BCUT2D eigenvalue weighted by Crippen LogP contribution is 2.15. The summed E-state index contributed by atoms with van der Waals surface area (Å²) >= 11 is 0. The Labute approximate surface area is 107 Å². The number of fused-ring (bicyclic) bond motifs is 1. The van der Waals surface area contributed by atoms with Crippen LogP contribution in [0, 0.1) is 13.8 Å². The number of benzene rings is 1. The zero-order valence-electron chi connectivity index (χ0n) is 10.9. The highest BCUT2D eigenvalue weighted by atomic mass is 15.4. The molecule has 0 saturated carbocycles. The Hall–Kier alpha value is -1.68. The van der Waals surface area contributed by atoms with Gasteiger partial charge in [-0.05, 0) is 30.5 Å². The Kier molecular flexibility index (Phi) is 2.88. The van der Waals surface area contributed by atoms with Gasteiger partial charge in [-0.1, -0.05) is 18.2 Å². The molecule has 1 aliphatic heterocycles. The summed E-state index contributed by atoms with van der Waals surface area (Å²) in [4.78, 5) is 6.72. The second kappa shape index (κ2) is 4.53. The molecule has 94 valence electrons. The molecule has 0 bridgehead atoms. The predicted octanol–water partition coefficient (Wildman–Crippen LogP) is 1.91. The molecular weight excluding hydrogens is 224 g/mol. The average Bonchev–Trinajstić information content (AvgIpc) is 2.81. The Morgan fingerprint density at radius 2 is 2.06 bits per heavy atom. The largest absolute Gasteiger partial charge is 0.290 e. The summed E-state index contributed by atoms with van der Waals surface area (Å²) in [6.45, 7) is 8.21. The van der Waals surface area contributed by atoms with E-state index in [9.17, 15) is 0 Å². The summed E-state index contributed by atoms with van der Waals surface area (Å²) in [6.07, 6.45) is 1.65. The Bertz CT molecular complexity index is 559. The van der Waals surface area contributed by atoms with Gasteiger partial charge in [0.2, 0.25) is 0 Å². The van der Waals surface area contributed by atoms with Crippen molar-refractivity contribution < 1.29 is 0 Å². The lowest BCUT2D eigenvalue weighted by atomic mass is 10.1. The first kappa shape index (κ1) is 11.4. The monoisotopic (exact) mass is 242 g/mol. The summed E-state index contributed by atoms with van der Waals surface area (Å²) in [5.74, 6) is 1.07. The average molecular weight is 242 g/mol. The molecule has 0 unspecified atom stereocenters. The quantitative estimate of drug-likeness (QED) is 0.806. The summed E-state index contributed by atoms with van der Waals surface area (Å²) in [6, 6.07) is 6.72. The van der Waals surface area contributed by atoms with E-state index in [1.54, 1.807) is 6.33 Å². The number of aromatic nitrogens is 3. The van der Waals surface area contributed by atoms with Crippen molar-refractivity contribution in [1.82, 2.24) is 19.7 Å². The van der Waals surface area contributed by atoms with E-state index >= 15 is 0 Å². The van der Waals surface area contributed by atoms with Crippen LogP contribution in [0.4, 0.5) is 0 Å². The second-order valence-electron chi connectivity index (χ2n) is 5.03. The van der Waals surface area contributed by atoms with Gasteiger partial charge in [0.15, 0.2) is 0 Å². The van der Waals surface area contributed by atoms with Crippen LogP contribution in [0.25, 0.3) is 0 Å². The van der Waals surface area contributed by atoms with Crippen molar-refractivity contribution in [2.75, 3.05) is 6.54 Å². The van der Waals surface area contributed by atoms with Gasteiger partial charge in [0, 0.05) is 13.1 Å². The lowest BCUT2D eigenvalue weighted by Crippen LogP contribution is -2.33. The lowest BCUT2D eigenvalue weighted by molar-refractivity contribution is 0.201. The number of hydrogen-bond acceptors (Lipinski definition) is 3. The molecule has 1 aliphatic rings. The molecule has 1 aromatic heterocycles. The molecule has 3 rings (SSSR count). The van der Waals surface area contributed by atoms with Crippen molar-refractivity contribution in [3.63, 3.8) is 0 Å². The SMILES string of the molecule is Cc1ccc(CN2CCn3ncnc3C2)cc1C. The molecule has 1 aromatic carbocycles. The van der Waals surface area contributed by atoms with Crippen molar-refractivity contribution in [2.45, 2.75) is 33.5 Å². The van der Waals surface area contributed by atoms with Gasteiger partial charge in [0.1, 0.15) is 12.2 Å². The molecule has 4 nitrogen and oxygen atoms in total. The summed E-state index contributed by atoms with van der Waals surface area (Å²) in [5.41, 5.74) is 4.11. The van der Waals surface area contributed by atoms with E-state index in [1.807, 2.05) is 4.68 Å². The second-order valence-corrected chi connectivity index (χ2v) is 5.03. The van der Waals surface area contributed by atoms with Crippen LogP contribution in [0.5, 0.6) is 0 Å². The molecule has 2 aromatic rings. The summed E-state index contributed by atoms with van der Waals surface area (Å²) in [7, 11) is 0. The molecule has 0 aliphatic carbocycles. The molecule has 0 saturated heterocycles.